The zero-order valence-corrected chi connectivity index (χ0v) is 9.24. The van der Waals surface area contributed by atoms with Crippen LogP contribution in [0, 0.1) is 11.8 Å². The number of rotatable bonds is 5. The molecule has 1 amide bonds. The number of hydrogen-bond acceptors (Lipinski definition) is 3. The molecule has 0 spiro atoms. The summed E-state index contributed by atoms with van der Waals surface area (Å²) in [6, 6.07) is 0. The number of nitrogens with zero attached hydrogens (tertiary/aromatic N) is 1. The van der Waals surface area contributed by atoms with E-state index >= 15 is 0 Å². The summed E-state index contributed by atoms with van der Waals surface area (Å²) in [6.07, 6.45) is 3.38. The van der Waals surface area contributed by atoms with Crippen molar-refractivity contribution in [1.82, 2.24) is 10.2 Å². The lowest BCUT2D eigenvalue weighted by Crippen LogP contribution is -2.33. The van der Waals surface area contributed by atoms with Crippen LogP contribution in [0.3, 0.4) is 0 Å². The molecule has 1 aliphatic carbocycles. The van der Waals surface area contributed by atoms with Crippen LogP contribution in [-0.2, 0) is 4.79 Å². The van der Waals surface area contributed by atoms with E-state index in [1.165, 1.54) is 0 Å². The first-order valence-electron chi connectivity index (χ1n) is 6.01. The third-order valence-corrected chi connectivity index (χ3v) is 3.28. The summed E-state index contributed by atoms with van der Waals surface area (Å²) in [5.74, 6) is 1.41. The van der Waals surface area contributed by atoms with Crippen molar-refractivity contribution < 1.29 is 4.79 Å². The van der Waals surface area contributed by atoms with Gasteiger partial charge in [-0.25, -0.2) is 0 Å². The lowest BCUT2D eigenvalue weighted by Gasteiger charge is -2.16. The average Bonchev–Trinajstić information content (AvgIpc) is 2.98. The molecule has 4 nitrogen and oxygen atoms in total. The smallest absolute Gasteiger partial charge is 0.225 e. The zero-order chi connectivity index (χ0) is 10.7. The van der Waals surface area contributed by atoms with Crippen LogP contribution >= 0.6 is 0 Å². The average molecular weight is 211 g/mol. The minimum absolute atomic E-state index is 0.376. The number of nitrogens with one attached hydrogen (secondary N) is 1. The monoisotopic (exact) mass is 211 g/mol. The Hall–Kier alpha value is -0.610. The van der Waals surface area contributed by atoms with Gasteiger partial charge in [0.25, 0.3) is 0 Å². The fourth-order valence-corrected chi connectivity index (χ4v) is 2.20. The molecule has 2 aliphatic rings. The van der Waals surface area contributed by atoms with Crippen molar-refractivity contribution in [2.45, 2.75) is 19.3 Å². The Bertz CT molecular complexity index is 228. The molecule has 1 atom stereocenters. The van der Waals surface area contributed by atoms with Crippen molar-refractivity contribution in [2.75, 3.05) is 32.7 Å². The van der Waals surface area contributed by atoms with Crippen molar-refractivity contribution in [2.24, 2.45) is 17.6 Å². The van der Waals surface area contributed by atoms with Crippen molar-refractivity contribution >= 4 is 5.91 Å². The molecule has 3 N–H and O–H groups in total. The SMILES string of the molecule is NCCNCC1CCN(C(=O)C2CC2)C1. The Labute approximate surface area is 91.2 Å². The number of amides is 1. The summed E-state index contributed by atoms with van der Waals surface area (Å²) in [5.41, 5.74) is 5.41. The number of likely N-dealkylation sites (tertiary alicyclic amines) is 1. The van der Waals surface area contributed by atoms with Crippen LogP contribution in [0.2, 0.25) is 0 Å². The molecular weight excluding hydrogens is 190 g/mol. The highest BCUT2D eigenvalue weighted by molar-refractivity contribution is 5.81. The van der Waals surface area contributed by atoms with Gasteiger partial charge in [-0.05, 0) is 31.7 Å². The van der Waals surface area contributed by atoms with Crippen molar-refractivity contribution in [3.05, 3.63) is 0 Å². The maximum atomic E-state index is 11.8. The highest BCUT2D eigenvalue weighted by Gasteiger charge is 2.36. The maximum absolute atomic E-state index is 11.8. The molecule has 2 rings (SSSR count). The minimum Gasteiger partial charge on any atom is -0.342 e. The van der Waals surface area contributed by atoms with Crippen LogP contribution in [0.1, 0.15) is 19.3 Å². The van der Waals surface area contributed by atoms with Gasteiger partial charge in [-0.1, -0.05) is 0 Å². The first kappa shape index (κ1) is 10.9. The van der Waals surface area contributed by atoms with E-state index in [2.05, 4.69) is 5.32 Å². The van der Waals surface area contributed by atoms with E-state index in [9.17, 15) is 4.79 Å². The van der Waals surface area contributed by atoms with Gasteiger partial charge in [-0.15, -0.1) is 0 Å². The molecule has 1 unspecified atom stereocenters. The van der Waals surface area contributed by atoms with E-state index in [1.54, 1.807) is 0 Å². The summed E-state index contributed by atoms with van der Waals surface area (Å²) in [7, 11) is 0. The second-order valence-corrected chi connectivity index (χ2v) is 4.71. The maximum Gasteiger partial charge on any atom is 0.225 e. The van der Waals surface area contributed by atoms with Gasteiger partial charge in [0.2, 0.25) is 5.91 Å². The van der Waals surface area contributed by atoms with Gasteiger partial charge in [0.05, 0.1) is 0 Å². The summed E-state index contributed by atoms with van der Waals surface area (Å²) < 4.78 is 0. The normalized spacial score (nSPS) is 25.9. The lowest BCUT2D eigenvalue weighted by atomic mass is 10.1. The Morgan fingerprint density at radius 1 is 1.40 bits per heavy atom. The second kappa shape index (κ2) is 4.94. The van der Waals surface area contributed by atoms with Gasteiger partial charge < -0.3 is 16.0 Å². The highest BCUT2D eigenvalue weighted by Crippen LogP contribution is 2.32. The van der Waals surface area contributed by atoms with E-state index in [0.29, 0.717) is 24.3 Å². The first-order chi connectivity index (χ1) is 7.31. The molecule has 1 saturated carbocycles. The molecule has 0 aromatic heterocycles. The molecule has 1 aliphatic heterocycles. The summed E-state index contributed by atoms with van der Waals surface area (Å²) in [4.78, 5) is 13.8. The number of carbonyl (C=O) groups is 1. The first-order valence-corrected chi connectivity index (χ1v) is 6.01. The van der Waals surface area contributed by atoms with Crippen LogP contribution < -0.4 is 11.1 Å². The number of hydrogen-bond donors (Lipinski definition) is 2. The Morgan fingerprint density at radius 3 is 2.87 bits per heavy atom. The fourth-order valence-electron chi connectivity index (χ4n) is 2.20. The van der Waals surface area contributed by atoms with Crippen LogP contribution in [0.5, 0.6) is 0 Å². The summed E-state index contributed by atoms with van der Waals surface area (Å²) in [6.45, 7) is 4.49. The molecule has 15 heavy (non-hydrogen) atoms. The Balaban J connectivity index is 1.67. The standard InChI is InChI=1S/C11H21N3O/c12-4-5-13-7-9-3-6-14(8-9)11(15)10-1-2-10/h9-10,13H,1-8,12H2. The quantitative estimate of drug-likeness (QED) is 0.619. The van der Waals surface area contributed by atoms with E-state index in [0.717, 1.165) is 45.4 Å². The summed E-state index contributed by atoms with van der Waals surface area (Å²) in [5, 5.41) is 3.32. The van der Waals surface area contributed by atoms with Crippen molar-refractivity contribution in [1.29, 1.82) is 0 Å². The molecular formula is C11H21N3O. The molecule has 2 fully saturated rings. The third kappa shape index (κ3) is 2.92. The van der Waals surface area contributed by atoms with Crippen LogP contribution in [0.4, 0.5) is 0 Å². The van der Waals surface area contributed by atoms with E-state index in [4.69, 9.17) is 5.73 Å². The molecule has 0 radical (unpaired) electrons. The van der Waals surface area contributed by atoms with Crippen LogP contribution in [-0.4, -0.2) is 43.5 Å². The van der Waals surface area contributed by atoms with Gasteiger partial charge in [-0.2, -0.15) is 0 Å². The number of nitrogens with two attached hydrogens (primary N) is 1. The predicted molar refractivity (Wildman–Crippen MR) is 59.3 cm³/mol. The van der Waals surface area contributed by atoms with Crippen LogP contribution in [0.15, 0.2) is 0 Å². The largest absolute Gasteiger partial charge is 0.342 e. The second-order valence-electron chi connectivity index (χ2n) is 4.71. The molecule has 1 saturated heterocycles. The molecule has 1 heterocycles. The molecule has 4 heteroatoms. The Kier molecular flexibility index (Phi) is 3.59. The van der Waals surface area contributed by atoms with Gasteiger partial charge in [-0.3, -0.25) is 4.79 Å². The van der Waals surface area contributed by atoms with Crippen LogP contribution in [0.25, 0.3) is 0 Å². The van der Waals surface area contributed by atoms with E-state index in [1.807, 2.05) is 4.90 Å². The molecule has 0 aromatic carbocycles. The predicted octanol–water partition coefficient (Wildman–Crippen LogP) is -0.207. The summed E-state index contributed by atoms with van der Waals surface area (Å²) >= 11 is 0. The molecule has 0 bridgehead atoms. The Morgan fingerprint density at radius 2 is 2.20 bits per heavy atom. The highest BCUT2D eigenvalue weighted by atomic mass is 16.2. The van der Waals surface area contributed by atoms with Crippen molar-refractivity contribution in [3.8, 4) is 0 Å². The van der Waals surface area contributed by atoms with Gasteiger partial charge in [0, 0.05) is 32.1 Å². The van der Waals surface area contributed by atoms with Crippen molar-refractivity contribution in [3.63, 3.8) is 0 Å². The zero-order valence-electron chi connectivity index (χ0n) is 9.24. The van der Waals surface area contributed by atoms with E-state index < -0.39 is 0 Å². The minimum atomic E-state index is 0.376. The van der Waals surface area contributed by atoms with E-state index in [-0.39, 0.29) is 0 Å². The topological polar surface area (TPSA) is 58.4 Å². The lowest BCUT2D eigenvalue weighted by molar-refractivity contribution is -0.131. The fraction of sp³-hybridized carbons (Fsp3) is 0.909. The number of carbonyl (C=O) groups excluding carboxylic acids is 1. The van der Waals surface area contributed by atoms with Gasteiger partial charge >= 0.3 is 0 Å². The van der Waals surface area contributed by atoms with Gasteiger partial charge in [0.1, 0.15) is 0 Å². The molecule has 0 aromatic rings. The third-order valence-electron chi connectivity index (χ3n) is 3.28. The van der Waals surface area contributed by atoms with Gasteiger partial charge in [0.15, 0.2) is 0 Å². The molecule has 86 valence electrons.